The highest BCUT2D eigenvalue weighted by Crippen LogP contribution is 2.51. The highest BCUT2D eigenvalue weighted by Gasteiger charge is 2.47. The molecule has 0 aromatic heterocycles. The van der Waals surface area contributed by atoms with E-state index in [-0.39, 0.29) is 17.1 Å². The quantitative estimate of drug-likeness (QED) is 0.417. The molecule has 0 nitrogen and oxygen atoms in total. The number of alkyl halides is 2. The summed E-state index contributed by atoms with van der Waals surface area (Å²) in [5.74, 6) is -2.33. The van der Waals surface area contributed by atoms with Crippen LogP contribution in [0.3, 0.4) is 0 Å². The summed E-state index contributed by atoms with van der Waals surface area (Å²) in [5.41, 5.74) is 2.81. The highest BCUT2D eigenvalue weighted by molar-refractivity contribution is 5.66. The number of allylic oxidation sites excluding steroid dienone is 11. The number of hydrogen-bond donors (Lipinski definition) is 0. The zero-order valence-electron chi connectivity index (χ0n) is 16.5. The van der Waals surface area contributed by atoms with Crippen LogP contribution in [0.5, 0.6) is 0 Å². The van der Waals surface area contributed by atoms with Crippen molar-refractivity contribution in [3.8, 4) is 0 Å². The van der Waals surface area contributed by atoms with Gasteiger partial charge in [0.05, 0.1) is 0 Å². The van der Waals surface area contributed by atoms with Crippen molar-refractivity contribution in [3.63, 3.8) is 0 Å². The molecule has 1 aliphatic rings. The molecule has 1 rings (SSSR count). The maximum absolute atomic E-state index is 15.2. The monoisotopic (exact) mass is 346 g/mol. The molecule has 0 spiro atoms. The van der Waals surface area contributed by atoms with Gasteiger partial charge in [-0.25, -0.2) is 0 Å². The van der Waals surface area contributed by atoms with Gasteiger partial charge in [-0.2, -0.15) is 8.78 Å². The third-order valence-corrected chi connectivity index (χ3v) is 4.99. The number of rotatable bonds is 7. The van der Waals surface area contributed by atoms with Gasteiger partial charge in [-0.1, -0.05) is 62.8 Å². The molecule has 0 aliphatic heterocycles. The first kappa shape index (κ1) is 21.3. The summed E-state index contributed by atoms with van der Waals surface area (Å²) in [5, 5.41) is 0. The maximum Gasteiger partial charge on any atom is 0.299 e. The van der Waals surface area contributed by atoms with Gasteiger partial charge in [-0.05, 0) is 56.6 Å². The summed E-state index contributed by atoms with van der Waals surface area (Å²) in [6, 6.07) is 0. The normalized spacial score (nSPS) is 22.7. The fourth-order valence-electron chi connectivity index (χ4n) is 3.28. The third-order valence-electron chi connectivity index (χ3n) is 4.99. The number of hydrogen-bond acceptors (Lipinski definition) is 0. The van der Waals surface area contributed by atoms with Crippen LogP contribution in [-0.4, -0.2) is 5.92 Å². The second-order valence-electron chi connectivity index (χ2n) is 6.96. The maximum atomic E-state index is 15.2. The highest BCUT2D eigenvalue weighted by atomic mass is 19.3. The second kappa shape index (κ2) is 9.12. The zero-order valence-corrected chi connectivity index (χ0v) is 16.5. The standard InChI is InChI=1S/C23H32F2/c1-8-11-14-19(17(6)16(4)5)22-18(7)20(13-10-3)23(24,25)21(22)15-12-9-2/h8-11,13,15-17H,2,12,14H2,1,3-7H3/b11-8-,13-10-,21-15+,22-19+. The molecule has 0 aromatic carbocycles. The molecule has 0 saturated carbocycles. The van der Waals surface area contributed by atoms with E-state index in [2.05, 4.69) is 33.4 Å². The Morgan fingerprint density at radius 2 is 1.80 bits per heavy atom. The molecule has 1 unspecified atom stereocenters. The van der Waals surface area contributed by atoms with E-state index in [9.17, 15) is 0 Å². The van der Waals surface area contributed by atoms with Crippen LogP contribution in [0.25, 0.3) is 0 Å². The Morgan fingerprint density at radius 1 is 1.16 bits per heavy atom. The summed E-state index contributed by atoms with van der Waals surface area (Å²) in [6.45, 7) is 15.7. The molecule has 1 atom stereocenters. The van der Waals surface area contributed by atoms with Crippen molar-refractivity contribution in [2.75, 3.05) is 0 Å². The van der Waals surface area contributed by atoms with Gasteiger partial charge in [-0.15, -0.1) is 6.58 Å². The predicted molar refractivity (Wildman–Crippen MR) is 106 cm³/mol. The molecule has 0 radical (unpaired) electrons. The van der Waals surface area contributed by atoms with E-state index in [0.29, 0.717) is 24.3 Å². The van der Waals surface area contributed by atoms with Gasteiger partial charge in [0.2, 0.25) is 0 Å². The Kier molecular flexibility index (Phi) is 7.79. The lowest BCUT2D eigenvalue weighted by atomic mass is 9.82. The van der Waals surface area contributed by atoms with E-state index in [0.717, 1.165) is 11.1 Å². The van der Waals surface area contributed by atoms with Crippen LogP contribution in [0.4, 0.5) is 8.78 Å². The molecule has 0 saturated heterocycles. The Bertz CT molecular complexity index is 637. The van der Waals surface area contributed by atoms with Crippen molar-refractivity contribution in [2.24, 2.45) is 11.8 Å². The van der Waals surface area contributed by atoms with E-state index in [1.807, 2.05) is 19.9 Å². The Balaban J connectivity index is 3.78. The van der Waals surface area contributed by atoms with Crippen LogP contribution in [0.15, 0.2) is 70.9 Å². The molecule has 2 heteroatoms. The van der Waals surface area contributed by atoms with E-state index in [4.69, 9.17) is 0 Å². The molecule has 25 heavy (non-hydrogen) atoms. The minimum Gasteiger partial charge on any atom is -0.196 e. The number of halogens is 2. The molecule has 0 aromatic rings. The van der Waals surface area contributed by atoms with Crippen molar-refractivity contribution < 1.29 is 8.78 Å². The SMILES string of the molecule is C=CC/C=C1\C(=C(/C/C=C\C)C(C)C(C)C)C(C)=C(/C=C\C)C1(F)F. The zero-order chi connectivity index (χ0) is 19.2. The summed E-state index contributed by atoms with van der Waals surface area (Å²) >= 11 is 0. The molecule has 0 amide bonds. The van der Waals surface area contributed by atoms with Crippen molar-refractivity contribution in [1.82, 2.24) is 0 Å². The van der Waals surface area contributed by atoms with E-state index >= 15 is 8.78 Å². The third kappa shape index (κ3) is 4.48. The van der Waals surface area contributed by atoms with Gasteiger partial charge in [-0.3, -0.25) is 0 Å². The van der Waals surface area contributed by atoms with Gasteiger partial charge >= 0.3 is 0 Å². The van der Waals surface area contributed by atoms with E-state index in [1.165, 1.54) is 0 Å². The predicted octanol–water partition coefficient (Wildman–Crippen LogP) is 7.59. The largest absolute Gasteiger partial charge is 0.299 e. The molecule has 0 heterocycles. The van der Waals surface area contributed by atoms with Gasteiger partial charge in [0.1, 0.15) is 0 Å². The van der Waals surface area contributed by atoms with Crippen molar-refractivity contribution in [3.05, 3.63) is 70.9 Å². The van der Waals surface area contributed by atoms with Gasteiger partial charge < -0.3 is 0 Å². The van der Waals surface area contributed by atoms with Crippen LogP contribution in [0, 0.1) is 11.8 Å². The Morgan fingerprint density at radius 3 is 2.28 bits per heavy atom. The Labute approximate surface area is 152 Å². The van der Waals surface area contributed by atoms with Crippen molar-refractivity contribution in [1.29, 1.82) is 0 Å². The first-order chi connectivity index (χ1) is 11.7. The lowest BCUT2D eigenvalue weighted by molar-refractivity contribution is 0.0943. The van der Waals surface area contributed by atoms with E-state index in [1.54, 1.807) is 31.2 Å². The van der Waals surface area contributed by atoms with Crippen molar-refractivity contribution >= 4 is 0 Å². The lowest BCUT2D eigenvalue weighted by Gasteiger charge is -2.24. The van der Waals surface area contributed by atoms with Crippen LogP contribution in [-0.2, 0) is 0 Å². The first-order valence-electron chi connectivity index (χ1n) is 9.12. The minimum atomic E-state index is -2.95. The second-order valence-corrected chi connectivity index (χ2v) is 6.96. The fourth-order valence-corrected chi connectivity index (χ4v) is 3.28. The van der Waals surface area contributed by atoms with Gasteiger partial charge in [0.25, 0.3) is 5.92 Å². The van der Waals surface area contributed by atoms with Crippen molar-refractivity contribution in [2.45, 2.75) is 60.3 Å². The fraction of sp³-hybridized carbons (Fsp3) is 0.478. The summed E-state index contributed by atoms with van der Waals surface area (Å²) < 4.78 is 30.3. The summed E-state index contributed by atoms with van der Waals surface area (Å²) in [7, 11) is 0. The summed E-state index contributed by atoms with van der Waals surface area (Å²) in [4.78, 5) is 0. The molecule has 1 aliphatic carbocycles. The van der Waals surface area contributed by atoms with Gasteiger partial charge in [0, 0.05) is 11.1 Å². The summed E-state index contributed by atoms with van der Waals surface area (Å²) in [6.07, 6.45) is 11.7. The van der Waals surface area contributed by atoms with Crippen LogP contribution in [0.1, 0.15) is 54.4 Å². The first-order valence-corrected chi connectivity index (χ1v) is 9.12. The topological polar surface area (TPSA) is 0 Å². The average Bonchev–Trinajstić information content (AvgIpc) is 2.74. The Hall–Kier alpha value is -1.70. The minimum absolute atomic E-state index is 0.120. The lowest BCUT2D eigenvalue weighted by Crippen LogP contribution is -2.18. The van der Waals surface area contributed by atoms with Crippen LogP contribution in [0.2, 0.25) is 0 Å². The molecule has 0 fully saturated rings. The van der Waals surface area contributed by atoms with Gasteiger partial charge in [0.15, 0.2) is 0 Å². The molecule has 0 bridgehead atoms. The average molecular weight is 347 g/mol. The van der Waals surface area contributed by atoms with Crippen LogP contribution >= 0.6 is 0 Å². The molecule has 0 N–H and O–H groups in total. The molecular weight excluding hydrogens is 314 g/mol. The molecule has 138 valence electrons. The van der Waals surface area contributed by atoms with Crippen LogP contribution < -0.4 is 0 Å². The van der Waals surface area contributed by atoms with E-state index < -0.39 is 5.92 Å². The molecular formula is C23H32F2. The smallest absolute Gasteiger partial charge is 0.196 e.